The van der Waals surface area contributed by atoms with Gasteiger partial charge in [0.05, 0.1) is 26.2 Å². The first-order chi connectivity index (χ1) is 7.21. The van der Waals surface area contributed by atoms with Crippen LogP contribution in [0.25, 0.3) is 0 Å². The molecule has 0 spiro atoms. The molecule has 15 heavy (non-hydrogen) atoms. The molecule has 0 aliphatic rings. The zero-order valence-corrected chi connectivity index (χ0v) is 8.65. The fraction of sp³-hybridized carbons (Fsp3) is 0.273. The van der Waals surface area contributed by atoms with Gasteiger partial charge in [-0.25, -0.2) is 0 Å². The summed E-state index contributed by atoms with van der Waals surface area (Å²) in [4.78, 5) is 21.6. The van der Waals surface area contributed by atoms with Gasteiger partial charge in [-0.15, -0.1) is 0 Å². The Kier molecular flexibility index (Phi) is 3.85. The minimum absolute atomic E-state index is 0.173. The third-order valence-corrected chi connectivity index (χ3v) is 2.00. The van der Waals surface area contributed by atoms with Gasteiger partial charge in [-0.2, -0.15) is 0 Å². The summed E-state index contributed by atoms with van der Waals surface area (Å²) in [7, 11) is 2.81. The molecule has 0 aromatic heterocycles. The predicted molar refractivity (Wildman–Crippen MR) is 54.1 cm³/mol. The Bertz CT molecular complexity index is 371. The number of esters is 1. The lowest BCUT2D eigenvalue weighted by molar-refractivity contribution is -0.139. The summed E-state index contributed by atoms with van der Waals surface area (Å²) in [5.41, 5.74) is 1.22. The van der Waals surface area contributed by atoms with E-state index in [1.807, 2.05) is 0 Å². The van der Waals surface area contributed by atoms with Crippen molar-refractivity contribution < 1.29 is 19.1 Å². The van der Waals surface area contributed by atoms with Crippen LogP contribution < -0.4 is 4.74 Å². The maximum absolute atomic E-state index is 11.0. The molecule has 80 valence electrons. The van der Waals surface area contributed by atoms with E-state index in [1.165, 1.54) is 14.2 Å². The molecule has 0 heterocycles. The number of carbonyl (C=O) groups is 2. The average molecular weight is 208 g/mol. The van der Waals surface area contributed by atoms with Crippen LogP contribution in [-0.4, -0.2) is 26.5 Å². The van der Waals surface area contributed by atoms with Crippen molar-refractivity contribution in [2.45, 2.75) is 6.42 Å². The van der Waals surface area contributed by atoms with E-state index in [0.29, 0.717) is 17.6 Å². The molecule has 0 fully saturated rings. The SMILES string of the molecule is COC(=O)Cc1ccc(C=O)c(OC)c1. The lowest BCUT2D eigenvalue weighted by Crippen LogP contribution is -2.05. The normalized spacial score (nSPS) is 9.47. The Morgan fingerprint density at radius 3 is 2.67 bits per heavy atom. The van der Waals surface area contributed by atoms with Gasteiger partial charge in [-0.05, 0) is 17.7 Å². The fourth-order valence-electron chi connectivity index (χ4n) is 1.20. The lowest BCUT2D eigenvalue weighted by atomic mass is 10.1. The van der Waals surface area contributed by atoms with Gasteiger partial charge in [0.15, 0.2) is 6.29 Å². The molecule has 0 aliphatic heterocycles. The first kappa shape index (κ1) is 11.2. The molecular formula is C11H12O4. The van der Waals surface area contributed by atoms with Crippen molar-refractivity contribution >= 4 is 12.3 Å². The summed E-state index contributed by atoms with van der Waals surface area (Å²) >= 11 is 0. The first-order valence-electron chi connectivity index (χ1n) is 4.40. The Morgan fingerprint density at radius 1 is 1.40 bits per heavy atom. The van der Waals surface area contributed by atoms with Crippen LogP contribution in [0, 0.1) is 0 Å². The van der Waals surface area contributed by atoms with E-state index in [1.54, 1.807) is 18.2 Å². The largest absolute Gasteiger partial charge is 0.496 e. The van der Waals surface area contributed by atoms with E-state index >= 15 is 0 Å². The molecule has 0 saturated carbocycles. The van der Waals surface area contributed by atoms with Crippen molar-refractivity contribution in [1.29, 1.82) is 0 Å². The van der Waals surface area contributed by atoms with Gasteiger partial charge < -0.3 is 9.47 Å². The van der Waals surface area contributed by atoms with E-state index in [9.17, 15) is 9.59 Å². The minimum atomic E-state index is -0.323. The molecular weight excluding hydrogens is 196 g/mol. The monoisotopic (exact) mass is 208 g/mol. The highest BCUT2D eigenvalue weighted by atomic mass is 16.5. The number of ether oxygens (including phenoxy) is 2. The third-order valence-electron chi connectivity index (χ3n) is 2.00. The van der Waals surface area contributed by atoms with Crippen molar-refractivity contribution in [3.05, 3.63) is 29.3 Å². The number of benzene rings is 1. The van der Waals surface area contributed by atoms with E-state index < -0.39 is 0 Å². The van der Waals surface area contributed by atoms with Gasteiger partial charge in [0.2, 0.25) is 0 Å². The molecule has 0 unspecified atom stereocenters. The van der Waals surface area contributed by atoms with Crippen LogP contribution in [0.4, 0.5) is 0 Å². The Hall–Kier alpha value is -1.84. The Balaban J connectivity index is 2.92. The summed E-state index contributed by atoms with van der Waals surface area (Å²) in [6.45, 7) is 0. The maximum Gasteiger partial charge on any atom is 0.309 e. The zero-order valence-electron chi connectivity index (χ0n) is 8.65. The highest BCUT2D eigenvalue weighted by Gasteiger charge is 2.07. The van der Waals surface area contributed by atoms with Crippen molar-refractivity contribution in [1.82, 2.24) is 0 Å². The molecule has 1 rings (SSSR count). The second kappa shape index (κ2) is 5.14. The van der Waals surface area contributed by atoms with Crippen LogP contribution in [0.3, 0.4) is 0 Å². The number of carbonyl (C=O) groups excluding carboxylic acids is 2. The topological polar surface area (TPSA) is 52.6 Å². The molecule has 4 heteroatoms. The lowest BCUT2D eigenvalue weighted by Gasteiger charge is -2.05. The summed E-state index contributed by atoms with van der Waals surface area (Å²) in [5, 5.41) is 0. The van der Waals surface area contributed by atoms with Gasteiger partial charge in [-0.1, -0.05) is 6.07 Å². The van der Waals surface area contributed by atoms with Crippen molar-refractivity contribution in [2.75, 3.05) is 14.2 Å². The number of hydrogen-bond donors (Lipinski definition) is 0. The Morgan fingerprint density at radius 2 is 2.13 bits per heavy atom. The average Bonchev–Trinajstić information content (AvgIpc) is 2.28. The van der Waals surface area contributed by atoms with Gasteiger partial charge >= 0.3 is 5.97 Å². The Labute approximate surface area is 87.8 Å². The first-order valence-corrected chi connectivity index (χ1v) is 4.40. The summed E-state index contributed by atoms with van der Waals surface area (Å²) in [5.74, 6) is 0.141. The highest BCUT2D eigenvalue weighted by molar-refractivity contribution is 5.80. The van der Waals surface area contributed by atoms with Gasteiger partial charge in [0.25, 0.3) is 0 Å². The van der Waals surface area contributed by atoms with Crippen LogP contribution in [0.2, 0.25) is 0 Å². The third kappa shape index (κ3) is 2.80. The molecule has 0 atom stereocenters. The molecule has 0 radical (unpaired) electrons. The molecule has 1 aromatic carbocycles. The van der Waals surface area contributed by atoms with Crippen LogP contribution in [0.15, 0.2) is 18.2 Å². The molecule has 0 aliphatic carbocycles. The van der Waals surface area contributed by atoms with E-state index in [2.05, 4.69) is 4.74 Å². The van der Waals surface area contributed by atoms with Gasteiger partial charge in [-0.3, -0.25) is 9.59 Å². The second-order valence-electron chi connectivity index (χ2n) is 2.95. The predicted octanol–water partition coefficient (Wildman–Crippen LogP) is 1.22. The van der Waals surface area contributed by atoms with Crippen LogP contribution >= 0.6 is 0 Å². The minimum Gasteiger partial charge on any atom is -0.496 e. The number of aldehydes is 1. The second-order valence-corrected chi connectivity index (χ2v) is 2.95. The fourth-order valence-corrected chi connectivity index (χ4v) is 1.20. The highest BCUT2D eigenvalue weighted by Crippen LogP contribution is 2.18. The summed E-state index contributed by atoms with van der Waals surface area (Å²) in [6.07, 6.45) is 0.882. The molecule has 0 amide bonds. The zero-order chi connectivity index (χ0) is 11.3. The quantitative estimate of drug-likeness (QED) is 0.551. The van der Waals surface area contributed by atoms with Crippen molar-refractivity contribution in [3.8, 4) is 5.75 Å². The number of methoxy groups -OCH3 is 2. The number of hydrogen-bond acceptors (Lipinski definition) is 4. The van der Waals surface area contributed by atoms with Gasteiger partial charge in [0, 0.05) is 0 Å². The van der Waals surface area contributed by atoms with Crippen LogP contribution in [0.5, 0.6) is 5.75 Å². The van der Waals surface area contributed by atoms with Crippen molar-refractivity contribution in [3.63, 3.8) is 0 Å². The number of rotatable bonds is 4. The summed E-state index contributed by atoms with van der Waals surface area (Å²) < 4.78 is 9.54. The molecule has 0 bridgehead atoms. The molecule has 0 saturated heterocycles. The smallest absolute Gasteiger partial charge is 0.309 e. The van der Waals surface area contributed by atoms with E-state index in [4.69, 9.17) is 4.74 Å². The van der Waals surface area contributed by atoms with Gasteiger partial charge in [0.1, 0.15) is 5.75 Å². The maximum atomic E-state index is 11.0. The van der Waals surface area contributed by atoms with Crippen LogP contribution in [0.1, 0.15) is 15.9 Å². The standard InChI is InChI=1S/C11H12O4/c1-14-10-5-8(6-11(13)15-2)3-4-9(10)7-12/h3-5,7H,6H2,1-2H3. The molecule has 4 nitrogen and oxygen atoms in total. The van der Waals surface area contributed by atoms with Crippen molar-refractivity contribution in [2.24, 2.45) is 0 Å². The van der Waals surface area contributed by atoms with E-state index in [-0.39, 0.29) is 12.4 Å². The molecule has 1 aromatic rings. The molecule has 0 N–H and O–H groups in total. The summed E-state index contributed by atoms with van der Waals surface area (Å²) in [6, 6.07) is 4.97. The van der Waals surface area contributed by atoms with Crippen LogP contribution in [-0.2, 0) is 16.0 Å². The van der Waals surface area contributed by atoms with E-state index in [0.717, 1.165) is 5.56 Å².